The van der Waals surface area contributed by atoms with Crippen molar-refractivity contribution in [2.75, 3.05) is 33.0 Å². The van der Waals surface area contributed by atoms with E-state index < -0.39 is 118 Å². The highest BCUT2D eigenvalue weighted by Crippen LogP contribution is 2.43. The molecular weight excluding hydrogens is 1580 g/mol. The first-order valence-electron chi connectivity index (χ1n) is 53.5. The Balaban J connectivity index is 2.48. The van der Waals surface area contributed by atoms with Crippen LogP contribution in [0.1, 0.15) is 530 Å². The van der Waals surface area contributed by atoms with Crippen molar-refractivity contribution in [2.45, 2.75) is 609 Å². The maximum absolute atomic E-state index is 15.1. The van der Waals surface area contributed by atoms with E-state index in [1.165, 1.54) is 295 Å². The van der Waals surface area contributed by atoms with Crippen LogP contribution in [0.3, 0.4) is 0 Å². The van der Waals surface area contributed by atoms with Gasteiger partial charge in [0.1, 0.15) is 42.6 Å². The third kappa shape index (κ3) is 67.3. The third-order valence-electron chi connectivity index (χ3n) is 26.1. The number of hydrogen-bond acceptors (Lipinski definition) is 16. The fourth-order valence-electron chi connectivity index (χ4n) is 18.1. The van der Waals surface area contributed by atoms with Crippen molar-refractivity contribution >= 4 is 25.6 Å². The Labute approximate surface area is 761 Å². The van der Waals surface area contributed by atoms with Gasteiger partial charge in [-0.3, -0.25) is 18.9 Å². The zero-order valence-electron chi connectivity index (χ0n) is 81.3. The fraction of sp³-hybridized carbons (Fsp3) is 0.971. The van der Waals surface area contributed by atoms with E-state index in [1.54, 1.807) is 0 Å². The molecule has 2 fully saturated rings. The predicted octanol–water partition coefficient (Wildman–Crippen LogP) is 26.4. The molecule has 0 aliphatic carbocycles. The van der Waals surface area contributed by atoms with Gasteiger partial charge in [-0.1, -0.05) is 472 Å². The van der Waals surface area contributed by atoms with Crippen LogP contribution in [-0.4, -0.2) is 161 Å². The summed E-state index contributed by atoms with van der Waals surface area (Å²) in [4.78, 5) is 65.3. The van der Waals surface area contributed by atoms with Gasteiger partial charge in [0.15, 0.2) is 18.7 Å². The lowest BCUT2D eigenvalue weighted by atomic mass is 9.95. The molecule has 2 aliphatic heterocycles. The van der Waals surface area contributed by atoms with Gasteiger partial charge in [-0.2, -0.15) is 0 Å². The average molecular weight is 1790 g/mol. The van der Waals surface area contributed by atoms with E-state index in [2.05, 4.69) is 52.2 Å². The molecule has 2 amide bonds. The third-order valence-corrected chi connectivity index (χ3v) is 26.6. The van der Waals surface area contributed by atoms with E-state index in [9.17, 15) is 44.4 Å². The van der Waals surface area contributed by atoms with Crippen LogP contribution in [0.5, 0.6) is 0 Å². The minimum Gasteiger partial charge on any atom is -0.457 e. The summed E-state index contributed by atoms with van der Waals surface area (Å²) >= 11 is 0. The molecule has 3 unspecified atom stereocenters. The van der Waals surface area contributed by atoms with Gasteiger partial charge in [0.2, 0.25) is 11.8 Å². The van der Waals surface area contributed by atoms with Crippen LogP contribution in [-0.2, 0) is 56.6 Å². The zero-order chi connectivity index (χ0) is 90.1. The van der Waals surface area contributed by atoms with Crippen molar-refractivity contribution in [3.05, 3.63) is 0 Å². The van der Waals surface area contributed by atoms with Crippen LogP contribution in [0.4, 0.5) is 0 Å². The van der Waals surface area contributed by atoms with E-state index in [1.807, 2.05) is 0 Å². The number of amides is 2. The molecule has 0 spiro atoms. The number of rotatable bonds is 94. The minimum atomic E-state index is -5.47. The molecule has 2 rings (SSSR count). The Kier molecular flexibility index (Phi) is 81.3. The lowest BCUT2D eigenvalue weighted by molar-refractivity contribution is -0.297. The molecule has 2 aliphatic rings. The molecule has 21 heteroatoms. The largest absolute Gasteiger partial charge is 0.470 e. The number of unbranched alkanes of at least 4 members (excludes halogenated alkanes) is 64. The van der Waals surface area contributed by atoms with Crippen LogP contribution in [0.2, 0.25) is 0 Å². The first kappa shape index (κ1) is 118. The summed E-state index contributed by atoms with van der Waals surface area (Å²) < 4.78 is 63.5. The topological polar surface area (TPSA) is 288 Å². The molecule has 13 atom stereocenters. The Morgan fingerprint density at radius 2 is 0.581 bits per heavy atom. The lowest BCUT2D eigenvalue weighted by Crippen LogP contribution is -2.67. The average Bonchev–Trinajstić information content (AvgIpc) is 0.747. The van der Waals surface area contributed by atoms with Crippen molar-refractivity contribution in [3.8, 4) is 0 Å². The van der Waals surface area contributed by atoms with Crippen molar-refractivity contribution < 1.29 is 86.8 Å². The van der Waals surface area contributed by atoms with Crippen LogP contribution in [0, 0.1) is 0 Å². The number of aliphatic hydroxyl groups is 4. The summed E-state index contributed by atoms with van der Waals surface area (Å²) in [7, 11) is -5.47. The lowest BCUT2D eigenvalue weighted by Gasteiger charge is -2.46. The Bertz CT molecular complexity index is 2380. The van der Waals surface area contributed by atoms with Gasteiger partial charge < -0.3 is 74.0 Å². The van der Waals surface area contributed by atoms with E-state index in [0.29, 0.717) is 39.1 Å². The summed E-state index contributed by atoms with van der Waals surface area (Å²) in [5, 5.41) is 52.4. The van der Waals surface area contributed by atoms with E-state index >= 15 is 4.79 Å². The number of phosphoric acid groups is 1. The van der Waals surface area contributed by atoms with Crippen LogP contribution in [0.25, 0.3) is 0 Å². The standard InChI is InChI=1S/C103H201N2O18P/c1-7-13-19-25-31-36-40-44-46-47-49-53-58-63-69-75-81-117-89(78-72-67-61-55-50-42-38-33-27-21-15-9-3)84-94(108)105-97-101(122-95(109)85-90(79-73-65-59-30-24-18-12-6)118-82-76-70-64-56-51-43-39-34-28-22-16-10-4)100(123-124(113,114)115)91(86-106)121-103(97)119-87-92-98(110)99(111)96(102(112)120-92)104-93(107)83-88(77-71-66-60-54-35-29-23-17-11-5)116-80-74-68-62-57-52-48-45-41-37-32-26-20-14-8-2/h88-92,96-103,106,110-112H,7-87H2,1-6H3,(H,104,107)(H,105,108)(H2,113,114,115)/t88?,89?,90?,91-,92+,96-,97-,98-,99-,100-,101-,102+,103-/m1/s1. The molecule has 8 N–H and O–H groups in total. The SMILES string of the molecule is CCCCCCCCCCCCCCCCCCOC(CCCCCCCCCCCCCC)CC(=O)N[C@H]1[C@H](OC[C@@H]2O[C@H](O)[C@H](NC(=O)CC(CCCCCCCCCCC)OCCCCCCCCCCCCCCCC)[C@@H](O)[C@@H]2O)O[C@H](CO)[C@@H](OP(=O)(O)O)[C@@H]1OC(=O)CC(CCCCCCCCC)OCCCCCCCCCCCCCC. The van der Waals surface area contributed by atoms with Gasteiger partial charge in [-0.25, -0.2) is 4.57 Å². The van der Waals surface area contributed by atoms with Crippen molar-refractivity contribution in [1.29, 1.82) is 0 Å². The number of carbonyl (C=O) groups is 3. The smallest absolute Gasteiger partial charge is 0.457 e. The highest BCUT2D eigenvalue weighted by Gasteiger charge is 2.53. The van der Waals surface area contributed by atoms with Crippen molar-refractivity contribution in [2.24, 2.45) is 0 Å². The van der Waals surface area contributed by atoms with Gasteiger partial charge in [0.25, 0.3) is 0 Å². The highest BCUT2D eigenvalue weighted by molar-refractivity contribution is 7.46. The number of aliphatic hydroxyl groups excluding tert-OH is 4. The maximum Gasteiger partial charge on any atom is 0.470 e. The van der Waals surface area contributed by atoms with Crippen LogP contribution < -0.4 is 10.6 Å². The number of ether oxygens (including phenoxy) is 7. The first-order chi connectivity index (χ1) is 60.5. The zero-order valence-corrected chi connectivity index (χ0v) is 82.2. The number of carbonyl (C=O) groups excluding carboxylic acids is 3. The van der Waals surface area contributed by atoms with Gasteiger partial charge in [-0.05, 0) is 38.5 Å². The molecule has 20 nitrogen and oxygen atoms in total. The number of nitrogens with one attached hydrogen (secondary N) is 2. The summed E-state index contributed by atoms with van der Waals surface area (Å²) in [5.41, 5.74) is 0. The second-order valence-electron chi connectivity index (χ2n) is 37.9. The first-order valence-corrected chi connectivity index (χ1v) is 55.0. The van der Waals surface area contributed by atoms with Crippen molar-refractivity contribution in [1.82, 2.24) is 10.6 Å². The molecule has 0 aromatic heterocycles. The molecule has 0 aromatic carbocycles. The number of esters is 1. The summed E-state index contributed by atoms with van der Waals surface area (Å²) in [6.45, 7) is 13.3. The Morgan fingerprint density at radius 1 is 0.323 bits per heavy atom. The van der Waals surface area contributed by atoms with E-state index in [4.69, 9.17) is 37.7 Å². The Hall–Kier alpha value is -1.88. The van der Waals surface area contributed by atoms with Gasteiger partial charge >= 0.3 is 13.8 Å². The summed E-state index contributed by atoms with van der Waals surface area (Å²) in [6.07, 6.45) is 69.5. The van der Waals surface area contributed by atoms with E-state index in [0.717, 1.165) is 154 Å². The molecule has 2 heterocycles. The van der Waals surface area contributed by atoms with Gasteiger partial charge in [0.05, 0.1) is 50.8 Å². The second kappa shape index (κ2) is 85.3. The number of hydrogen-bond donors (Lipinski definition) is 8. The fourth-order valence-corrected chi connectivity index (χ4v) is 18.7. The molecule has 0 aromatic rings. The molecule has 124 heavy (non-hydrogen) atoms. The van der Waals surface area contributed by atoms with Crippen molar-refractivity contribution in [3.63, 3.8) is 0 Å². The summed E-state index contributed by atoms with van der Waals surface area (Å²) in [5.74, 6) is -1.84. The van der Waals surface area contributed by atoms with Gasteiger partial charge in [-0.15, -0.1) is 0 Å². The molecule has 736 valence electrons. The minimum absolute atomic E-state index is 0.0248. The predicted molar refractivity (Wildman–Crippen MR) is 509 cm³/mol. The quantitative estimate of drug-likeness (QED) is 0.0159. The number of phosphoric ester groups is 1. The molecule has 2 saturated heterocycles. The molecule has 0 bridgehead atoms. The van der Waals surface area contributed by atoms with Gasteiger partial charge in [0, 0.05) is 19.8 Å². The maximum atomic E-state index is 15.1. The molecule has 0 radical (unpaired) electrons. The molecule has 0 saturated carbocycles. The molecular formula is C103H201N2O18P. The second-order valence-corrected chi connectivity index (χ2v) is 39.1. The van der Waals surface area contributed by atoms with Crippen LogP contribution in [0.15, 0.2) is 0 Å². The normalized spacial score (nSPS) is 20.1. The van der Waals surface area contributed by atoms with E-state index in [-0.39, 0.29) is 19.3 Å². The monoisotopic (exact) mass is 1790 g/mol. The van der Waals surface area contributed by atoms with Crippen LogP contribution >= 0.6 is 7.82 Å². The Morgan fingerprint density at radius 3 is 0.855 bits per heavy atom. The highest BCUT2D eigenvalue weighted by atomic mass is 31.2. The summed E-state index contributed by atoms with van der Waals surface area (Å²) in [6, 6.07) is -3.05.